The quantitative estimate of drug-likeness (QED) is 0.554. The van der Waals surface area contributed by atoms with Gasteiger partial charge in [-0.15, -0.1) is 0 Å². The number of nitrogens with one attached hydrogen (secondary N) is 2. The number of rotatable bonds is 8. The lowest BCUT2D eigenvalue weighted by Gasteiger charge is -2.34. The molecule has 1 aliphatic rings. The monoisotopic (exact) mass is 478 g/mol. The Hall–Kier alpha value is -2.65. The molecular formula is C24H29F3N2O3Si. The van der Waals surface area contributed by atoms with Crippen LogP contribution in [0.1, 0.15) is 30.0 Å². The van der Waals surface area contributed by atoms with Crippen LogP contribution in [0.5, 0.6) is 0 Å². The summed E-state index contributed by atoms with van der Waals surface area (Å²) in [5, 5.41) is 5.88. The highest BCUT2D eigenvalue weighted by Crippen LogP contribution is 2.42. The van der Waals surface area contributed by atoms with Gasteiger partial charge >= 0.3 is 0 Å². The lowest BCUT2D eigenvalue weighted by Crippen LogP contribution is -2.47. The molecule has 1 aliphatic carbocycles. The highest BCUT2D eigenvalue weighted by atomic mass is 28.3. The molecule has 2 amide bonds. The van der Waals surface area contributed by atoms with Crippen LogP contribution in [0.4, 0.5) is 18.9 Å². The van der Waals surface area contributed by atoms with Gasteiger partial charge in [0.25, 0.3) is 5.91 Å². The number of benzene rings is 2. The molecule has 2 aromatic carbocycles. The number of methoxy groups -OCH3 is 1. The van der Waals surface area contributed by atoms with Gasteiger partial charge in [-0.1, -0.05) is 50.0 Å². The second-order valence-electron chi connectivity index (χ2n) is 9.51. The Morgan fingerprint density at radius 3 is 2.27 bits per heavy atom. The third kappa shape index (κ3) is 6.23. The van der Waals surface area contributed by atoms with Crippen LogP contribution >= 0.6 is 0 Å². The predicted molar refractivity (Wildman–Crippen MR) is 124 cm³/mol. The van der Waals surface area contributed by atoms with Crippen molar-refractivity contribution in [2.24, 2.45) is 5.92 Å². The molecule has 178 valence electrons. The molecule has 0 spiro atoms. The summed E-state index contributed by atoms with van der Waals surface area (Å²) in [6.45, 7) is 6.44. The molecule has 0 aromatic heterocycles. The van der Waals surface area contributed by atoms with E-state index in [9.17, 15) is 22.8 Å². The number of hydrogen-bond donors (Lipinski definition) is 2. The molecule has 3 rings (SSSR count). The average Bonchev–Trinajstić information content (AvgIpc) is 2.70. The Morgan fingerprint density at radius 1 is 1.12 bits per heavy atom. The van der Waals surface area contributed by atoms with Gasteiger partial charge in [0.15, 0.2) is 0 Å². The first-order chi connectivity index (χ1) is 15.4. The Bertz CT molecular complexity index is 1010. The van der Waals surface area contributed by atoms with E-state index < -0.39 is 56.4 Å². The summed E-state index contributed by atoms with van der Waals surface area (Å²) in [5.41, 5.74) is 1.60. The van der Waals surface area contributed by atoms with Crippen molar-refractivity contribution in [3.05, 3.63) is 59.4 Å². The molecule has 1 fully saturated rings. The Balaban J connectivity index is 1.81. The average molecular weight is 479 g/mol. The van der Waals surface area contributed by atoms with Crippen LogP contribution in [0, 0.1) is 11.7 Å². The SMILES string of the molecule is COCc1ccc([C@@H](NC(=O)C2CC(F)(F)C2)C(=O)Nc2ccc([Si](C)(C)C)c(F)c2)cc1. The smallest absolute Gasteiger partial charge is 0.251 e. The van der Waals surface area contributed by atoms with Crippen molar-refractivity contribution >= 4 is 30.8 Å². The molecule has 1 saturated carbocycles. The number of ether oxygens (including phenoxy) is 1. The van der Waals surface area contributed by atoms with E-state index >= 15 is 0 Å². The van der Waals surface area contributed by atoms with Crippen molar-refractivity contribution in [3.8, 4) is 0 Å². The van der Waals surface area contributed by atoms with Crippen molar-refractivity contribution in [3.63, 3.8) is 0 Å². The summed E-state index contributed by atoms with van der Waals surface area (Å²) in [4.78, 5) is 25.6. The summed E-state index contributed by atoms with van der Waals surface area (Å²) in [6.07, 6.45) is -1.08. The minimum absolute atomic E-state index is 0.255. The Kier molecular flexibility index (Phi) is 7.33. The Morgan fingerprint density at radius 2 is 1.76 bits per heavy atom. The second kappa shape index (κ2) is 9.68. The number of anilines is 1. The summed E-state index contributed by atoms with van der Waals surface area (Å²) >= 11 is 0. The van der Waals surface area contributed by atoms with Crippen LogP contribution in [-0.4, -0.2) is 32.9 Å². The summed E-state index contributed by atoms with van der Waals surface area (Å²) in [7, 11) is -0.327. The van der Waals surface area contributed by atoms with Gasteiger partial charge in [-0.2, -0.15) is 0 Å². The molecule has 0 unspecified atom stereocenters. The van der Waals surface area contributed by atoms with E-state index in [4.69, 9.17) is 4.74 Å². The molecule has 2 aromatic rings. The van der Waals surface area contributed by atoms with Crippen LogP contribution in [0.25, 0.3) is 0 Å². The van der Waals surface area contributed by atoms with E-state index in [-0.39, 0.29) is 5.69 Å². The molecule has 33 heavy (non-hydrogen) atoms. The third-order valence-corrected chi connectivity index (χ3v) is 7.70. The van der Waals surface area contributed by atoms with E-state index in [1.165, 1.54) is 6.07 Å². The maximum Gasteiger partial charge on any atom is 0.251 e. The maximum absolute atomic E-state index is 14.6. The van der Waals surface area contributed by atoms with E-state index in [0.29, 0.717) is 17.4 Å². The molecule has 9 heteroatoms. The zero-order valence-corrected chi connectivity index (χ0v) is 20.2. The molecule has 5 nitrogen and oxygen atoms in total. The van der Waals surface area contributed by atoms with Gasteiger partial charge in [0.2, 0.25) is 11.8 Å². The Labute approximate surface area is 192 Å². The minimum atomic E-state index is -2.85. The number of alkyl halides is 2. The van der Waals surface area contributed by atoms with E-state index in [0.717, 1.165) is 5.56 Å². The molecule has 0 heterocycles. The number of carbonyl (C=O) groups excluding carboxylic acids is 2. The van der Waals surface area contributed by atoms with Crippen molar-refractivity contribution in [2.45, 2.75) is 51.1 Å². The molecule has 1 atom stereocenters. The summed E-state index contributed by atoms with van der Waals surface area (Å²) in [5.74, 6) is -5.29. The van der Waals surface area contributed by atoms with Crippen molar-refractivity contribution in [1.29, 1.82) is 0 Å². The molecule has 2 N–H and O–H groups in total. The normalized spacial score (nSPS) is 16.6. The van der Waals surface area contributed by atoms with Crippen LogP contribution in [0.2, 0.25) is 19.6 Å². The fourth-order valence-electron chi connectivity index (χ4n) is 3.80. The zero-order valence-electron chi connectivity index (χ0n) is 19.2. The van der Waals surface area contributed by atoms with Gasteiger partial charge in [0, 0.05) is 31.6 Å². The highest BCUT2D eigenvalue weighted by molar-refractivity contribution is 6.88. The molecule has 0 aliphatic heterocycles. The molecule has 0 saturated heterocycles. The van der Waals surface area contributed by atoms with Gasteiger partial charge in [-0.25, -0.2) is 13.2 Å². The lowest BCUT2D eigenvalue weighted by atomic mass is 9.80. The van der Waals surface area contributed by atoms with Crippen LogP contribution in [0.3, 0.4) is 0 Å². The third-order valence-electron chi connectivity index (χ3n) is 5.68. The minimum Gasteiger partial charge on any atom is -0.380 e. The van der Waals surface area contributed by atoms with Gasteiger partial charge in [0.05, 0.1) is 14.7 Å². The van der Waals surface area contributed by atoms with Crippen LogP contribution < -0.4 is 15.8 Å². The van der Waals surface area contributed by atoms with Gasteiger partial charge in [-0.3, -0.25) is 9.59 Å². The fourth-order valence-corrected chi connectivity index (χ4v) is 5.17. The molecule has 0 bridgehead atoms. The number of hydrogen-bond acceptors (Lipinski definition) is 3. The van der Waals surface area contributed by atoms with E-state index in [2.05, 4.69) is 10.6 Å². The van der Waals surface area contributed by atoms with E-state index in [1.54, 1.807) is 43.5 Å². The number of halogens is 3. The van der Waals surface area contributed by atoms with Crippen LogP contribution in [-0.2, 0) is 20.9 Å². The predicted octanol–water partition coefficient (Wildman–Crippen LogP) is 4.36. The number of carbonyl (C=O) groups is 2. The van der Waals surface area contributed by atoms with E-state index in [1.807, 2.05) is 19.6 Å². The first-order valence-corrected chi connectivity index (χ1v) is 14.3. The molecule has 0 radical (unpaired) electrons. The van der Waals surface area contributed by atoms with Crippen molar-refractivity contribution in [1.82, 2.24) is 5.32 Å². The van der Waals surface area contributed by atoms with Gasteiger partial charge < -0.3 is 15.4 Å². The summed E-state index contributed by atoms with van der Waals surface area (Å²) < 4.78 is 46.1. The largest absolute Gasteiger partial charge is 0.380 e. The zero-order chi connectivity index (χ0) is 24.4. The van der Waals surface area contributed by atoms with Crippen molar-refractivity contribution < 1.29 is 27.5 Å². The molecular weight excluding hydrogens is 449 g/mol. The first kappa shape index (κ1) is 25.0. The van der Waals surface area contributed by atoms with Crippen molar-refractivity contribution in [2.75, 3.05) is 12.4 Å². The second-order valence-corrected chi connectivity index (χ2v) is 14.5. The lowest BCUT2D eigenvalue weighted by molar-refractivity contribution is -0.151. The van der Waals surface area contributed by atoms with Crippen LogP contribution in [0.15, 0.2) is 42.5 Å². The topological polar surface area (TPSA) is 67.4 Å². The van der Waals surface area contributed by atoms with Gasteiger partial charge in [0.1, 0.15) is 11.9 Å². The van der Waals surface area contributed by atoms with Gasteiger partial charge in [-0.05, 0) is 28.4 Å². The number of amides is 2. The highest BCUT2D eigenvalue weighted by Gasteiger charge is 2.49. The fraction of sp³-hybridized carbons (Fsp3) is 0.417. The summed E-state index contributed by atoms with van der Waals surface area (Å²) in [6, 6.07) is 10.3. The standard InChI is InChI=1S/C24H29F3N2O3Si/c1-32-14-15-5-7-16(8-6-15)21(29-22(30)17-12-24(26,27)13-17)23(31)28-18-9-10-20(19(25)11-18)33(2,3)4/h5-11,17,21H,12-14H2,1-4H3,(H,28,31)(H,29,30)/t21-/m1/s1. The first-order valence-electron chi connectivity index (χ1n) is 10.8. The maximum atomic E-state index is 14.6.